The number of amides is 4. The SMILES string of the molecule is NC(=O)c1nnn(C2CCN(S(=O)(=O)c3cccs3)C(C(=O)NC(Cc3c[nH]c4ccccc34)C(N)=O)C2)c1C(N)=O. The zero-order valence-electron chi connectivity index (χ0n) is 22.0. The van der Waals surface area contributed by atoms with Gasteiger partial charge in [0.1, 0.15) is 16.3 Å². The lowest BCUT2D eigenvalue weighted by Crippen LogP contribution is -2.57. The fourth-order valence-corrected chi connectivity index (χ4v) is 7.89. The molecule has 0 saturated carbocycles. The number of nitrogens with zero attached hydrogens (tertiary/aromatic N) is 4. The molecule has 42 heavy (non-hydrogen) atoms. The smallest absolute Gasteiger partial charge is 0.271 e. The highest BCUT2D eigenvalue weighted by atomic mass is 32.2. The first-order chi connectivity index (χ1) is 20.0. The zero-order chi connectivity index (χ0) is 30.2. The molecule has 15 nitrogen and oxygen atoms in total. The second kappa shape index (κ2) is 11.3. The zero-order valence-corrected chi connectivity index (χ0v) is 23.6. The lowest BCUT2D eigenvalue weighted by atomic mass is 9.97. The normalized spacial score (nSPS) is 18.5. The largest absolute Gasteiger partial charge is 0.368 e. The molecule has 1 saturated heterocycles. The molecule has 4 aromatic rings. The van der Waals surface area contributed by atoms with Crippen molar-refractivity contribution in [3.05, 3.63) is 64.9 Å². The standard InChI is InChI=1S/C25H27N9O6S2/c26-22(35)17(10-13-12-29-16-5-2-1-4-15(13)16)30-25(38)18-11-14(34-21(24(28)37)20(23(27)36)31-32-34)7-8-33(18)42(39,40)19-6-3-9-41-19/h1-6,9,12,14,17-18,29H,7-8,10-11H2,(H2,26,35)(H2,27,36)(H2,28,37)(H,30,38). The van der Waals surface area contributed by atoms with Crippen LogP contribution in [-0.4, -0.2) is 75.0 Å². The van der Waals surface area contributed by atoms with Crippen LogP contribution in [0.5, 0.6) is 0 Å². The van der Waals surface area contributed by atoms with Gasteiger partial charge in [0.15, 0.2) is 11.4 Å². The molecule has 5 rings (SSSR count). The molecule has 0 spiro atoms. The molecule has 1 aromatic carbocycles. The van der Waals surface area contributed by atoms with Gasteiger partial charge in [-0.2, -0.15) is 4.31 Å². The van der Waals surface area contributed by atoms with Crippen LogP contribution in [0.15, 0.2) is 52.2 Å². The Morgan fingerprint density at radius 2 is 1.86 bits per heavy atom. The number of nitrogens with one attached hydrogen (secondary N) is 2. The third kappa shape index (κ3) is 5.36. The number of aromatic amines is 1. The van der Waals surface area contributed by atoms with E-state index >= 15 is 0 Å². The highest BCUT2D eigenvalue weighted by molar-refractivity contribution is 7.91. The van der Waals surface area contributed by atoms with E-state index in [0.29, 0.717) is 0 Å². The van der Waals surface area contributed by atoms with Gasteiger partial charge < -0.3 is 27.5 Å². The van der Waals surface area contributed by atoms with Crippen LogP contribution in [0, 0.1) is 0 Å². The summed E-state index contributed by atoms with van der Waals surface area (Å²) in [5, 5.41) is 12.6. The van der Waals surface area contributed by atoms with Crippen LogP contribution < -0.4 is 22.5 Å². The minimum Gasteiger partial charge on any atom is -0.368 e. The number of nitrogens with two attached hydrogens (primary N) is 3. The van der Waals surface area contributed by atoms with E-state index in [1.54, 1.807) is 17.6 Å². The van der Waals surface area contributed by atoms with Gasteiger partial charge in [-0.15, -0.1) is 16.4 Å². The first kappa shape index (κ1) is 28.9. The molecule has 8 N–H and O–H groups in total. The number of aromatic nitrogens is 4. The van der Waals surface area contributed by atoms with Gasteiger partial charge in [-0.1, -0.05) is 29.5 Å². The predicted octanol–water partition coefficient (Wildman–Crippen LogP) is -0.374. The molecule has 220 valence electrons. The summed E-state index contributed by atoms with van der Waals surface area (Å²) in [6, 6.07) is 7.12. The number of hydrogen-bond acceptors (Lipinski definition) is 9. The summed E-state index contributed by atoms with van der Waals surface area (Å²) in [4.78, 5) is 53.4. The van der Waals surface area contributed by atoms with Crippen molar-refractivity contribution < 1.29 is 27.6 Å². The minimum atomic E-state index is -4.13. The molecule has 0 radical (unpaired) electrons. The second-order valence-electron chi connectivity index (χ2n) is 9.73. The van der Waals surface area contributed by atoms with Gasteiger partial charge in [0.25, 0.3) is 21.8 Å². The van der Waals surface area contributed by atoms with Crippen molar-refractivity contribution in [2.24, 2.45) is 17.2 Å². The molecule has 0 aliphatic carbocycles. The summed E-state index contributed by atoms with van der Waals surface area (Å²) in [5.41, 5.74) is 17.2. The van der Waals surface area contributed by atoms with Gasteiger partial charge in [-0.3, -0.25) is 19.2 Å². The molecule has 4 amide bonds. The number of para-hydroxylation sites is 1. The quantitative estimate of drug-likeness (QED) is 0.158. The number of H-pyrrole nitrogens is 1. The van der Waals surface area contributed by atoms with E-state index in [1.165, 1.54) is 6.07 Å². The number of carbonyl (C=O) groups is 4. The van der Waals surface area contributed by atoms with E-state index in [4.69, 9.17) is 17.2 Å². The van der Waals surface area contributed by atoms with Crippen LogP contribution in [0.1, 0.15) is 45.4 Å². The van der Waals surface area contributed by atoms with Gasteiger partial charge in [0, 0.05) is 30.1 Å². The van der Waals surface area contributed by atoms with Crippen molar-refractivity contribution in [2.45, 2.75) is 41.6 Å². The topological polar surface area (TPSA) is 242 Å². The Morgan fingerprint density at radius 3 is 2.52 bits per heavy atom. The molecule has 4 heterocycles. The Morgan fingerprint density at radius 1 is 1.10 bits per heavy atom. The Kier molecular flexibility index (Phi) is 7.81. The molecule has 1 aliphatic heterocycles. The van der Waals surface area contributed by atoms with Gasteiger partial charge in [-0.25, -0.2) is 13.1 Å². The van der Waals surface area contributed by atoms with Gasteiger partial charge >= 0.3 is 0 Å². The number of thiophene rings is 1. The van der Waals surface area contributed by atoms with Crippen molar-refractivity contribution in [1.82, 2.24) is 29.6 Å². The number of hydrogen-bond donors (Lipinski definition) is 5. The monoisotopic (exact) mass is 613 g/mol. The molecule has 3 atom stereocenters. The minimum absolute atomic E-state index is 0.0265. The average Bonchev–Trinajstić information content (AvgIpc) is 3.73. The van der Waals surface area contributed by atoms with Crippen molar-refractivity contribution in [2.75, 3.05) is 6.54 Å². The third-order valence-electron chi connectivity index (χ3n) is 7.15. The summed E-state index contributed by atoms with van der Waals surface area (Å²) in [5.74, 6) is -3.63. The molecular formula is C25H27N9O6S2. The van der Waals surface area contributed by atoms with Gasteiger partial charge in [-0.05, 0) is 35.9 Å². The van der Waals surface area contributed by atoms with Crippen LogP contribution in [0.3, 0.4) is 0 Å². The van der Waals surface area contributed by atoms with Crippen LogP contribution in [0.4, 0.5) is 0 Å². The second-order valence-corrected chi connectivity index (χ2v) is 12.8. The van der Waals surface area contributed by atoms with Crippen molar-refractivity contribution >= 4 is 55.9 Å². The number of piperidine rings is 1. The summed E-state index contributed by atoms with van der Waals surface area (Å²) >= 11 is 0.991. The van der Waals surface area contributed by atoms with Crippen molar-refractivity contribution in [3.8, 4) is 0 Å². The maximum atomic E-state index is 13.8. The Hall–Kier alpha value is -4.61. The van der Waals surface area contributed by atoms with Crippen molar-refractivity contribution in [1.29, 1.82) is 0 Å². The number of fused-ring (bicyclic) bond motifs is 1. The Bertz CT molecular complexity index is 1780. The Balaban J connectivity index is 1.47. The van der Waals surface area contributed by atoms with Crippen LogP contribution in [0.25, 0.3) is 10.9 Å². The molecule has 17 heteroatoms. The lowest BCUT2D eigenvalue weighted by molar-refractivity contribution is -0.130. The number of primary amides is 3. The summed E-state index contributed by atoms with van der Waals surface area (Å²) in [6.07, 6.45) is 1.68. The highest BCUT2D eigenvalue weighted by Crippen LogP contribution is 2.33. The van der Waals surface area contributed by atoms with E-state index in [-0.39, 0.29) is 35.7 Å². The van der Waals surface area contributed by atoms with Crippen molar-refractivity contribution in [3.63, 3.8) is 0 Å². The van der Waals surface area contributed by atoms with E-state index in [1.807, 2.05) is 24.3 Å². The highest BCUT2D eigenvalue weighted by Gasteiger charge is 2.43. The van der Waals surface area contributed by atoms with E-state index in [2.05, 4.69) is 20.6 Å². The fourth-order valence-electron chi connectivity index (χ4n) is 5.15. The Labute approximate surface area is 243 Å². The molecule has 0 bridgehead atoms. The molecule has 3 unspecified atom stereocenters. The first-order valence-corrected chi connectivity index (χ1v) is 15.1. The summed E-state index contributed by atoms with van der Waals surface area (Å²) in [7, 11) is -4.13. The average molecular weight is 614 g/mol. The van der Waals surface area contributed by atoms with Gasteiger partial charge in [0.05, 0.1) is 6.04 Å². The van der Waals surface area contributed by atoms with Gasteiger partial charge in [0.2, 0.25) is 11.8 Å². The first-order valence-electron chi connectivity index (χ1n) is 12.7. The maximum Gasteiger partial charge on any atom is 0.271 e. The number of rotatable bonds is 10. The summed E-state index contributed by atoms with van der Waals surface area (Å²) in [6.45, 7) is -0.156. The number of sulfonamides is 1. The van der Waals surface area contributed by atoms with E-state index in [9.17, 15) is 27.6 Å². The fraction of sp³-hybridized carbons (Fsp3) is 0.280. The number of carbonyl (C=O) groups excluding carboxylic acids is 4. The molecule has 1 aliphatic rings. The van der Waals surface area contributed by atoms with Crippen LogP contribution >= 0.6 is 11.3 Å². The van der Waals surface area contributed by atoms with E-state index < -0.39 is 57.5 Å². The number of benzene rings is 1. The van der Waals surface area contributed by atoms with Crippen LogP contribution in [0.2, 0.25) is 0 Å². The predicted molar refractivity (Wildman–Crippen MR) is 150 cm³/mol. The maximum absolute atomic E-state index is 13.8. The molecule has 1 fully saturated rings. The van der Waals surface area contributed by atoms with Crippen LogP contribution in [-0.2, 0) is 26.0 Å². The molecule has 3 aromatic heterocycles. The summed E-state index contributed by atoms with van der Waals surface area (Å²) < 4.78 is 29.3. The van der Waals surface area contributed by atoms with E-state index in [0.717, 1.165) is 36.8 Å². The lowest BCUT2D eigenvalue weighted by Gasteiger charge is -2.37. The molecular weight excluding hydrogens is 586 g/mol. The third-order valence-corrected chi connectivity index (χ3v) is 10.4.